The second-order valence-electron chi connectivity index (χ2n) is 5.69. The molecule has 0 spiro atoms. The summed E-state index contributed by atoms with van der Waals surface area (Å²) in [5.41, 5.74) is 1.18. The Hall–Kier alpha value is -2.53. The Bertz CT molecular complexity index is 811. The lowest BCUT2D eigenvalue weighted by molar-refractivity contribution is 0.0910. The molecular formula is C18H18ClN3O2. The molecule has 3 rings (SSSR count). The summed E-state index contributed by atoms with van der Waals surface area (Å²) in [7, 11) is 0. The largest absolute Gasteiger partial charge is 0.454 e. The van der Waals surface area contributed by atoms with Crippen LogP contribution in [0.5, 0.6) is 0 Å². The lowest BCUT2D eigenvalue weighted by Gasteiger charge is -2.12. The monoisotopic (exact) mass is 343 g/mol. The van der Waals surface area contributed by atoms with Crippen LogP contribution in [0.15, 0.2) is 59.3 Å². The Balaban J connectivity index is 1.57. The minimum atomic E-state index is -0.219. The van der Waals surface area contributed by atoms with Gasteiger partial charge in [-0.3, -0.25) is 9.48 Å². The van der Waals surface area contributed by atoms with Gasteiger partial charge in [-0.15, -0.1) is 0 Å². The van der Waals surface area contributed by atoms with Crippen LogP contribution < -0.4 is 5.32 Å². The maximum atomic E-state index is 12.3. The van der Waals surface area contributed by atoms with Crippen molar-refractivity contribution in [3.05, 3.63) is 77.0 Å². The van der Waals surface area contributed by atoms with E-state index in [2.05, 4.69) is 10.4 Å². The van der Waals surface area contributed by atoms with E-state index < -0.39 is 0 Å². The molecule has 0 aliphatic carbocycles. The van der Waals surface area contributed by atoms with Gasteiger partial charge in [0.25, 0.3) is 5.91 Å². The van der Waals surface area contributed by atoms with Crippen LogP contribution in [0.1, 0.15) is 28.8 Å². The molecule has 0 fully saturated rings. The first-order chi connectivity index (χ1) is 11.6. The summed E-state index contributed by atoms with van der Waals surface area (Å²) >= 11 is 5.83. The van der Waals surface area contributed by atoms with Gasteiger partial charge in [0.2, 0.25) is 0 Å². The fraction of sp³-hybridized carbons (Fsp3) is 0.222. The molecule has 0 aliphatic heterocycles. The number of hydrogen-bond acceptors (Lipinski definition) is 3. The average Bonchev–Trinajstić information content (AvgIpc) is 3.18. The van der Waals surface area contributed by atoms with Gasteiger partial charge in [-0.05, 0) is 31.0 Å². The summed E-state index contributed by atoms with van der Waals surface area (Å²) in [6, 6.07) is 13.5. The molecule has 124 valence electrons. The van der Waals surface area contributed by atoms with Gasteiger partial charge in [-0.2, -0.15) is 5.10 Å². The molecule has 0 unspecified atom stereocenters. The molecule has 1 N–H and O–H groups in total. The molecule has 1 atom stereocenters. The van der Waals surface area contributed by atoms with Crippen LogP contribution in [-0.2, 0) is 13.0 Å². The van der Waals surface area contributed by atoms with Crippen LogP contribution in [-0.4, -0.2) is 21.7 Å². The molecule has 6 heteroatoms. The van der Waals surface area contributed by atoms with Gasteiger partial charge in [-0.1, -0.05) is 41.9 Å². The van der Waals surface area contributed by atoms with E-state index in [-0.39, 0.29) is 11.9 Å². The van der Waals surface area contributed by atoms with E-state index in [1.165, 1.54) is 5.56 Å². The molecule has 0 bridgehead atoms. The van der Waals surface area contributed by atoms with E-state index in [9.17, 15) is 4.79 Å². The molecule has 0 saturated carbocycles. The predicted octanol–water partition coefficient (Wildman–Crippen LogP) is 3.54. The second kappa shape index (κ2) is 7.36. The molecule has 5 nitrogen and oxygen atoms in total. The lowest BCUT2D eigenvalue weighted by Crippen LogP contribution is -2.33. The first kappa shape index (κ1) is 16.3. The van der Waals surface area contributed by atoms with E-state index in [1.54, 1.807) is 29.2 Å². The van der Waals surface area contributed by atoms with E-state index in [1.807, 2.05) is 37.3 Å². The molecular weight excluding hydrogens is 326 g/mol. The Labute approximate surface area is 145 Å². The summed E-state index contributed by atoms with van der Waals surface area (Å²) in [4.78, 5) is 12.3. The van der Waals surface area contributed by atoms with Crippen molar-refractivity contribution in [2.75, 3.05) is 0 Å². The minimum Gasteiger partial charge on any atom is -0.454 e. The molecule has 2 aromatic heterocycles. The van der Waals surface area contributed by atoms with Crippen LogP contribution in [0.2, 0.25) is 5.02 Å². The third kappa shape index (κ3) is 4.26. The van der Waals surface area contributed by atoms with Gasteiger partial charge in [0.05, 0.1) is 17.8 Å². The zero-order chi connectivity index (χ0) is 16.9. The first-order valence-corrected chi connectivity index (χ1v) is 8.09. The molecule has 1 aromatic carbocycles. The van der Waals surface area contributed by atoms with Gasteiger partial charge in [0, 0.05) is 12.2 Å². The molecule has 1 amide bonds. The minimum absolute atomic E-state index is 0.0124. The molecule has 3 aromatic rings. The normalized spacial score (nSPS) is 12.1. The van der Waals surface area contributed by atoms with Crippen molar-refractivity contribution in [2.45, 2.75) is 25.9 Å². The molecule has 0 aliphatic rings. The van der Waals surface area contributed by atoms with Gasteiger partial charge in [0.15, 0.2) is 5.76 Å². The van der Waals surface area contributed by atoms with E-state index in [4.69, 9.17) is 16.0 Å². The van der Waals surface area contributed by atoms with Crippen LogP contribution in [0.4, 0.5) is 0 Å². The van der Waals surface area contributed by atoms with E-state index in [0.29, 0.717) is 23.1 Å². The number of rotatable bonds is 6. The Morgan fingerprint density at radius 3 is 2.79 bits per heavy atom. The molecule has 2 heterocycles. The highest BCUT2D eigenvalue weighted by Crippen LogP contribution is 2.12. The van der Waals surface area contributed by atoms with Crippen LogP contribution >= 0.6 is 11.6 Å². The molecule has 0 saturated heterocycles. The van der Waals surface area contributed by atoms with Gasteiger partial charge in [-0.25, -0.2) is 0 Å². The van der Waals surface area contributed by atoms with Gasteiger partial charge in [0.1, 0.15) is 5.76 Å². The van der Waals surface area contributed by atoms with Crippen molar-refractivity contribution in [3.8, 4) is 0 Å². The Kier molecular flexibility index (Phi) is 5.01. The highest BCUT2D eigenvalue weighted by atomic mass is 35.5. The summed E-state index contributed by atoms with van der Waals surface area (Å²) in [6.07, 6.45) is 4.03. The van der Waals surface area contributed by atoms with Crippen molar-refractivity contribution < 1.29 is 9.21 Å². The Morgan fingerprint density at radius 1 is 1.29 bits per heavy atom. The third-order valence-electron chi connectivity index (χ3n) is 3.57. The van der Waals surface area contributed by atoms with Crippen LogP contribution in [0.25, 0.3) is 0 Å². The van der Waals surface area contributed by atoms with Crippen LogP contribution in [0, 0.1) is 0 Å². The number of carbonyl (C=O) groups excluding carboxylic acids is 1. The number of halogens is 1. The van der Waals surface area contributed by atoms with Crippen molar-refractivity contribution >= 4 is 17.5 Å². The summed E-state index contributed by atoms with van der Waals surface area (Å²) in [5, 5.41) is 7.60. The highest BCUT2D eigenvalue weighted by Gasteiger charge is 2.14. The number of nitrogens with zero attached hydrogens (tertiary/aromatic N) is 2. The Morgan fingerprint density at radius 2 is 2.08 bits per heavy atom. The SMILES string of the molecule is C[C@@H](Cc1ccccc1)NC(=O)c1ccc(Cn2cc(Cl)cn2)o1. The highest BCUT2D eigenvalue weighted by molar-refractivity contribution is 6.30. The van der Waals surface area contributed by atoms with E-state index in [0.717, 1.165) is 6.42 Å². The average molecular weight is 344 g/mol. The maximum absolute atomic E-state index is 12.3. The predicted molar refractivity (Wildman–Crippen MR) is 92.1 cm³/mol. The molecule has 0 radical (unpaired) electrons. The lowest BCUT2D eigenvalue weighted by atomic mass is 10.1. The first-order valence-electron chi connectivity index (χ1n) is 7.71. The summed E-state index contributed by atoms with van der Waals surface area (Å²) < 4.78 is 7.25. The van der Waals surface area contributed by atoms with Gasteiger partial charge >= 0.3 is 0 Å². The van der Waals surface area contributed by atoms with Crippen molar-refractivity contribution in [3.63, 3.8) is 0 Å². The fourth-order valence-electron chi connectivity index (χ4n) is 2.48. The van der Waals surface area contributed by atoms with Crippen molar-refractivity contribution in [1.82, 2.24) is 15.1 Å². The molecule has 24 heavy (non-hydrogen) atoms. The van der Waals surface area contributed by atoms with Crippen molar-refractivity contribution in [1.29, 1.82) is 0 Å². The number of furan rings is 1. The number of amides is 1. The third-order valence-corrected chi connectivity index (χ3v) is 3.76. The van der Waals surface area contributed by atoms with Gasteiger partial charge < -0.3 is 9.73 Å². The summed E-state index contributed by atoms with van der Waals surface area (Å²) in [6.45, 7) is 2.40. The summed E-state index contributed by atoms with van der Waals surface area (Å²) in [5.74, 6) is 0.724. The fourth-order valence-corrected chi connectivity index (χ4v) is 2.64. The number of aromatic nitrogens is 2. The van der Waals surface area contributed by atoms with Crippen LogP contribution in [0.3, 0.4) is 0 Å². The smallest absolute Gasteiger partial charge is 0.287 e. The number of hydrogen-bond donors (Lipinski definition) is 1. The quantitative estimate of drug-likeness (QED) is 0.744. The second-order valence-corrected chi connectivity index (χ2v) is 6.12. The number of benzene rings is 1. The topological polar surface area (TPSA) is 60.1 Å². The number of carbonyl (C=O) groups is 1. The zero-order valence-electron chi connectivity index (χ0n) is 13.3. The van der Waals surface area contributed by atoms with E-state index >= 15 is 0 Å². The van der Waals surface area contributed by atoms with Crippen molar-refractivity contribution in [2.24, 2.45) is 0 Å². The maximum Gasteiger partial charge on any atom is 0.287 e. The standard InChI is InChI=1S/C18H18ClN3O2/c1-13(9-14-5-3-2-4-6-14)21-18(23)17-8-7-16(24-17)12-22-11-15(19)10-20-22/h2-8,10-11,13H,9,12H2,1H3,(H,21,23)/t13-/m0/s1. The number of nitrogens with one attached hydrogen (secondary N) is 1. The zero-order valence-corrected chi connectivity index (χ0v) is 14.0.